The number of likely N-dealkylation sites (tertiary alicyclic amines) is 1. The van der Waals surface area contributed by atoms with E-state index in [-0.39, 0.29) is 0 Å². The summed E-state index contributed by atoms with van der Waals surface area (Å²) in [5.41, 5.74) is 2.26. The third-order valence-corrected chi connectivity index (χ3v) is 5.32. The Morgan fingerprint density at radius 1 is 1.24 bits per heavy atom. The van der Waals surface area contributed by atoms with Crippen molar-refractivity contribution in [2.45, 2.75) is 44.9 Å². The van der Waals surface area contributed by atoms with Gasteiger partial charge in [0.2, 0.25) is 0 Å². The number of aliphatic hydroxyl groups is 1. The maximum absolute atomic E-state index is 10.4. The van der Waals surface area contributed by atoms with Crippen LogP contribution in [0.3, 0.4) is 0 Å². The summed E-state index contributed by atoms with van der Waals surface area (Å²) in [5, 5.41) is 10.4. The minimum Gasteiger partial charge on any atom is -0.467 e. The molecule has 2 aromatic heterocycles. The van der Waals surface area contributed by atoms with Crippen LogP contribution >= 0.6 is 0 Å². The van der Waals surface area contributed by atoms with Crippen LogP contribution in [0.25, 0.3) is 11.0 Å². The first-order valence-corrected chi connectivity index (χ1v) is 9.10. The van der Waals surface area contributed by atoms with Gasteiger partial charge in [0.25, 0.3) is 0 Å². The van der Waals surface area contributed by atoms with Crippen molar-refractivity contribution in [3.63, 3.8) is 0 Å². The number of nitrogens with zero attached hydrogens (tertiary/aromatic N) is 3. The van der Waals surface area contributed by atoms with E-state index in [9.17, 15) is 5.11 Å². The SMILES string of the molecule is Cc1nc2ccccc2n1CCN1CCCC1CC(O)c1ccco1. The Labute approximate surface area is 147 Å². The Morgan fingerprint density at radius 3 is 2.96 bits per heavy atom. The molecule has 5 heteroatoms. The molecule has 1 fully saturated rings. The number of aliphatic hydroxyl groups excluding tert-OH is 1. The number of aromatic nitrogens is 2. The molecular formula is C20H25N3O2. The van der Waals surface area contributed by atoms with Crippen molar-refractivity contribution < 1.29 is 9.52 Å². The highest BCUT2D eigenvalue weighted by molar-refractivity contribution is 5.75. The van der Waals surface area contributed by atoms with Crippen LogP contribution in [0.4, 0.5) is 0 Å². The van der Waals surface area contributed by atoms with Crippen LogP contribution in [0.2, 0.25) is 0 Å². The number of para-hydroxylation sites is 2. The molecule has 2 atom stereocenters. The molecule has 0 spiro atoms. The summed E-state index contributed by atoms with van der Waals surface area (Å²) in [6.45, 7) is 5.08. The molecule has 0 aliphatic carbocycles. The van der Waals surface area contributed by atoms with Crippen molar-refractivity contribution in [1.29, 1.82) is 0 Å². The van der Waals surface area contributed by atoms with Crippen molar-refractivity contribution >= 4 is 11.0 Å². The molecule has 0 amide bonds. The van der Waals surface area contributed by atoms with Crippen molar-refractivity contribution in [2.24, 2.45) is 0 Å². The number of rotatable bonds is 6. The second-order valence-electron chi connectivity index (χ2n) is 6.90. The maximum atomic E-state index is 10.4. The minimum atomic E-state index is -0.517. The molecule has 1 aliphatic heterocycles. The van der Waals surface area contributed by atoms with Gasteiger partial charge in [0, 0.05) is 19.1 Å². The third kappa shape index (κ3) is 3.34. The lowest BCUT2D eigenvalue weighted by atomic mass is 10.1. The van der Waals surface area contributed by atoms with Gasteiger partial charge in [-0.3, -0.25) is 4.90 Å². The zero-order valence-electron chi connectivity index (χ0n) is 14.6. The molecule has 1 N–H and O–H groups in total. The van der Waals surface area contributed by atoms with E-state index >= 15 is 0 Å². The average Bonchev–Trinajstić information content (AvgIpc) is 3.33. The predicted molar refractivity (Wildman–Crippen MR) is 97.3 cm³/mol. The molecule has 1 aromatic carbocycles. The molecule has 0 bridgehead atoms. The fourth-order valence-electron chi connectivity index (χ4n) is 4.02. The highest BCUT2D eigenvalue weighted by atomic mass is 16.4. The number of fused-ring (bicyclic) bond motifs is 1. The maximum Gasteiger partial charge on any atom is 0.132 e. The normalized spacial score (nSPS) is 19.7. The van der Waals surface area contributed by atoms with Gasteiger partial charge < -0.3 is 14.1 Å². The first-order valence-electron chi connectivity index (χ1n) is 9.10. The molecule has 2 unspecified atom stereocenters. The quantitative estimate of drug-likeness (QED) is 0.746. The van der Waals surface area contributed by atoms with E-state index in [1.54, 1.807) is 6.26 Å². The largest absolute Gasteiger partial charge is 0.467 e. The molecule has 1 saturated heterocycles. The number of hydrogen-bond donors (Lipinski definition) is 1. The lowest BCUT2D eigenvalue weighted by Gasteiger charge is -2.26. The van der Waals surface area contributed by atoms with E-state index in [1.165, 1.54) is 11.9 Å². The van der Waals surface area contributed by atoms with Crippen LogP contribution in [-0.2, 0) is 6.54 Å². The van der Waals surface area contributed by atoms with Gasteiger partial charge in [-0.2, -0.15) is 0 Å². The average molecular weight is 339 g/mol. The lowest BCUT2D eigenvalue weighted by Crippen LogP contribution is -2.33. The van der Waals surface area contributed by atoms with Gasteiger partial charge in [-0.05, 0) is 57.0 Å². The summed E-state index contributed by atoms with van der Waals surface area (Å²) in [7, 11) is 0. The number of hydrogen-bond acceptors (Lipinski definition) is 4. The first-order chi connectivity index (χ1) is 12.2. The molecule has 5 nitrogen and oxygen atoms in total. The van der Waals surface area contributed by atoms with Crippen LogP contribution in [0, 0.1) is 6.92 Å². The van der Waals surface area contributed by atoms with Gasteiger partial charge in [-0.15, -0.1) is 0 Å². The number of furan rings is 1. The van der Waals surface area contributed by atoms with Crippen molar-refractivity contribution in [1.82, 2.24) is 14.5 Å². The molecule has 0 radical (unpaired) electrons. The monoisotopic (exact) mass is 339 g/mol. The van der Waals surface area contributed by atoms with E-state index in [0.29, 0.717) is 11.8 Å². The molecule has 3 aromatic rings. The fourth-order valence-corrected chi connectivity index (χ4v) is 4.02. The van der Waals surface area contributed by atoms with Crippen molar-refractivity contribution in [3.05, 3.63) is 54.2 Å². The number of imidazole rings is 1. The van der Waals surface area contributed by atoms with Crippen LogP contribution in [0.1, 0.15) is 37.0 Å². The van der Waals surface area contributed by atoms with Gasteiger partial charge in [-0.25, -0.2) is 4.98 Å². The van der Waals surface area contributed by atoms with Crippen LogP contribution in [0.5, 0.6) is 0 Å². The Hall–Kier alpha value is -2.11. The second kappa shape index (κ2) is 7.02. The molecule has 1 aliphatic rings. The topological polar surface area (TPSA) is 54.4 Å². The van der Waals surface area contributed by atoms with E-state index in [1.807, 2.05) is 18.2 Å². The zero-order chi connectivity index (χ0) is 17.2. The second-order valence-corrected chi connectivity index (χ2v) is 6.90. The Bertz CT molecular complexity index is 825. The summed E-state index contributed by atoms with van der Waals surface area (Å²) in [6, 6.07) is 12.4. The Kier molecular flexibility index (Phi) is 4.59. The van der Waals surface area contributed by atoms with E-state index in [0.717, 1.165) is 43.8 Å². The molecule has 25 heavy (non-hydrogen) atoms. The summed E-state index contributed by atoms with van der Waals surface area (Å²) in [5.74, 6) is 1.73. The Balaban J connectivity index is 1.42. The molecule has 3 heterocycles. The summed E-state index contributed by atoms with van der Waals surface area (Å²) in [6.07, 6.45) is 4.17. The Morgan fingerprint density at radius 2 is 2.12 bits per heavy atom. The van der Waals surface area contributed by atoms with E-state index in [2.05, 4.69) is 39.6 Å². The van der Waals surface area contributed by atoms with Gasteiger partial charge in [-0.1, -0.05) is 12.1 Å². The number of aryl methyl sites for hydroxylation is 1. The van der Waals surface area contributed by atoms with Crippen LogP contribution in [0.15, 0.2) is 47.1 Å². The first kappa shape index (κ1) is 16.4. The summed E-state index contributed by atoms with van der Waals surface area (Å²) >= 11 is 0. The van der Waals surface area contributed by atoms with Gasteiger partial charge in [0.1, 0.15) is 17.7 Å². The predicted octanol–water partition coefficient (Wildman–Crippen LogP) is 3.53. The van der Waals surface area contributed by atoms with Gasteiger partial charge in [0.15, 0.2) is 0 Å². The molecule has 0 saturated carbocycles. The fraction of sp³-hybridized carbons (Fsp3) is 0.450. The van der Waals surface area contributed by atoms with Crippen LogP contribution in [-0.4, -0.2) is 38.7 Å². The highest BCUT2D eigenvalue weighted by Gasteiger charge is 2.27. The van der Waals surface area contributed by atoms with Crippen LogP contribution < -0.4 is 0 Å². The minimum absolute atomic E-state index is 0.412. The standard InChI is InChI=1S/C20H25N3O2/c1-15-21-17-7-2-3-8-18(17)23(15)12-11-22-10-4-6-16(22)14-19(24)20-9-5-13-25-20/h2-3,5,7-9,13,16,19,24H,4,6,10-12,14H2,1H3. The highest BCUT2D eigenvalue weighted by Crippen LogP contribution is 2.27. The van der Waals surface area contributed by atoms with Gasteiger partial charge >= 0.3 is 0 Å². The van der Waals surface area contributed by atoms with E-state index in [4.69, 9.17) is 4.42 Å². The number of benzene rings is 1. The summed E-state index contributed by atoms with van der Waals surface area (Å²) < 4.78 is 7.64. The lowest BCUT2D eigenvalue weighted by molar-refractivity contribution is 0.101. The molecule has 4 rings (SSSR count). The smallest absolute Gasteiger partial charge is 0.132 e. The molecular weight excluding hydrogens is 314 g/mol. The van der Waals surface area contributed by atoms with E-state index < -0.39 is 6.10 Å². The third-order valence-electron chi connectivity index (χ3n) is 5.32. The van der Waals surface area contributed by atoms with Gasteiger partial charge in [0.05, 0.1) is 17.3 Å². The van der Waals surface area contributed by atoms with Crippen molar-refractivity contribution in [2.75, 3.05) is 13.1 Å². The molecule has 132 valence electrons. The van der Waals surface area contributed by atoms with Crippen molar-refractivity contribution in [3.8, 4) is 0 Å². The zero-order valence-corrected chi connectivity index (χ0v) is 14.6. The summed E-state index contributed by atoms with van der Waals surface area (Å²) in [4.78, 5) is 7.15.